The summed E-state index contributed by atoms with van der Waals surface area (Å²) in [5, 5.41) is 0. The van der Waals surface area contributed by atoms with Crippen LogP contribution in [-0.2, 0) is 4.74 Å². The molecule has 9 heteroatoms. The van der Waals surface area contributed by atoms with Crippen LogP contribution in [-0.4, -0.2) is 43.2 Å². The van der Waals surface area contributed by atoms with E-state index < -0.39 is 46.7 Å². The van der Waals surface area contributed by atoms with Gasteiger partial charge in [-0.05, 0) is 30.3 Å². The molecule has 4 nitrogen and oxygen atoms in total. The number of morpholine rings is 1. The summed E-state index contributed by atoms with van der Waals surface area (Å²) in [7, 11) is 0. The average molecular weight is 387 g/mol. The molecule has 1 saturated heterocycles. The lowest BCUT2D eigenvalue weighted by atomic mass is 10.1. The van der Waals surface area contributed by atoms with E-state index in [9.17, 15) is 26.7 Å². The van der Waals surface area contributed by atoms with E-state index in [1.807, 2.05) is 0 Å². The lowest BCUT2D eigenvalue weighted by molar-refractivity contribution is -0.0402. The summed E-state index contributed by atoms with van der Waals surface area (Å²) in [6, 6.07) is 5.59. The van der Waals surface area contributed by atoms with Gasteiger partial charge >= 0.3 is 0 Å². The van der Waals surface area contributed by atoms with Crippen LogP contribution < -0.4 is 4.74 Å². The molecule has 0 radical (unpaired) electrons. The third-order valence-corrected chi connectivity index (χ3v) is 4.01. The van der Waals surface area contributed by atoms with Crippen LogP contribution in [0.1, 0.15) is 10.4 Å². The molecule has 0 spiro atoms. The molecule has 1 heterocycles. The molecule has 0 unspecified atom stereocenters. The highest BCUT2D eigenvalue weighted by molar-refractivity contribution is 5.94. The highest BCUT2D eigenvalue weighted by atomic mass is 19.2. The largest absolute Gasteiger partial charge is 0.491 e. The number of hydrogen-bond donors (Lipinski definition) is 0. The molecule has 0 aliphatic carbocycles. The molecule has 0 aromatic heterocycles. The van der Waals surface area contributed by atoms with Crippen LogP contribution in [0.25, 0.3) is 0 Å². The zero-order valence-electron chi connectivity index (χ0n) is 13.9. The number of ether oxygens (including phenoxy) is 2. The number of halogens is 5. The van der Waals surface area contributed by atoms with Crippen molar-refractivity contribution in [3.05, 3.63) is 65.0 Å². The molecule has 0 N–H and O–H groups in total. The van der Waals surface area contributed by atoms with Crippen LogP contribution >= 0.6 is 0 Å². The standard InChI is InChI=1S/C18H14F5NO3/c19-10-1-3-11(4-2-10)27-9-12-8-24(5-6-26-12)18(25)13-7-14(20)16(22)17(23)15(13)21/h1-4,7,12H,5-6,8-9H2/t12-/m1/s1. The van der Waals surface area contributed by atoms with E-state index >= 15 is 0 Å². The molecule has 144 valence electrons. The maximum atomic E-state index is 13.8. The molecule has 1 aliphatic rings. The molecule has 3 rings (SSSR count). The molecular weight excluding hydrogens is 373 g/mol. The molecule has 1 atom stereocenters. The van der Waals surface area contributed by atoms with Crippen molar-refractivity contribution < 1.29 is 36.2 Å². The van der Waals surface area contributed by atoms with Gasteiger partial charge in [0.2, 0.25) is 0 Å². The van der Waals surface area contributed by atoms with Gasteiger partial charge in [-0.3, -0.25) is 4.79 Å². The average Bonchev–Trinajstić information content (AvgIpc) is 2.68. The summed E-state index contributed by atoms with van der Waals surface area (Å²) in [4.78, 5) is 13.5. The molecule has 1 aliphatic heterocycles. The fourth-order valence-electron chi connectivity index (χ4n) is 2.62. The first-order valence-corrected chi connectivity index (χ1v) is 7.99. The van der Waals surface area contributed by atoms with Gasteiger partial charge in [0.25, 0.3) is 5.91 Å². The minimum Gasteiger partial charge on any atom is -0.491 e. The molecule has 0 saturated carbocycles. The van der Waals surface area contributed by atoms with E-state index in [-0.39, 0.29) is 26.3 Å². The molecule has 0 bridgehead atoms. The van der Waals surface area contributed by atoms with E-state index in [1.54, 1.807) is 0 Å². The number of carbonyl (C=O) groups is 1. The van der Waals surface area contributed by atoms with Crippen molar-refractivity contribution in [2.24, 2.45) is 0 Å². The number of hydrogen-bond acceptors (Lipinski definition) is 3. The summed E-state index contributed by atoms with van der Waals surface area (Å²) in [6.45, 7) is 0.146. The monoisotopic (exact) mass is 387 g/mol. The molecular formula is C18H14F5NO3. The minimum atomic E-state index is -2.04. The Morgan fingerprint density at radius 1 is 1.07 bits per heavy atom. The third-order valence-electron chi connectivity index (χ3n) is 4.01. The van der Waals surface area contributed by atoms with Crippen molar-refractivity contribution >= 4 is 5.91 Å². The minimum absolute atomic E-state index is 0.0179. The van der Waals surface area contributed by atoms with Crippen molar-refractivity contribution in [1.29, 1.82) is 0 Å². The maximum absolute atomic E-state index is 13.8. The van der Waals surface area contributed by atoms with Crippen LogP contribution in [0.5, 0.6) is 5.75 Å². The van der Waals surface area contributed by atoms with Gasteiger partial charge in [-0.15, -0.1) is 0 Å². The molecule has 1 amide bonds. The van der Waals surface area contributed by atoms with Crippen LogP contribution in [0.3, 0.4) is 0 Å². The number of carbonyl (C=O) groups excluding carboxylic acids is 1. The van der Waals surface area contributed by atoms with E-state index in [1.165, 1.54) is 24.3 Å². The first kappa shape index (κ1) is 19.1. The van der Waals surface area contributed by atoms with Crippen LogP contribution in [0.4, 0.5) is 22.0 Å². The van der Waals surface area contributed by atoms with Crippen LogP contribution in [0, 0.1) is 29.1 Å². The maximum Gasteiger partial charge on any atom is 0.257 e. The Bertz CT molecular complexity index is 844. The third kappa shape index (κ3) is 4.19. The Morgan fingerprint density at radius 2 is 1.78 bits per heavy atom. The zero-order chi connectivity index (χ0) is 19.6. The fourth-order valence-corrected chi connectivity index (χ4v) is 2.62. The van der Waals surface area contributed by atoms with Crippen molar-refractivity contribution in [2.75, 3.05) is 26.3 Å². The Morgan fingerprint density at radius 3 is 2.48 bits per heavy atom. The number of benzene rings is 2. The SMILES string of the molecule is O=C(c1cc(F)c(F)c(F)c1F)N1CCO[C@@H](COc2ccc(F)cc2)C1. The Labute approximate surface area is 151 Å². The highest BCUT2D eigenvalue weighted by Crippen LogP contribution is 2.21. The van der Waals surface area contributed by atoms with Gasteiger partial charge < -0.3 is 14.4 Å². The highest BCUT2D eigenvalue weighted by Gasteiger charge is 2.30. The topological polar surface area (TPSA) is 38.8 Å². The quantitative estimate of drug-likeness (QED) is 0.459. The van der Waals surface area contributed by atoms with Gasteiger partial charge in [0.1, 0.15) is 24.3 Å². The van der Waals surface area contributed by atoms with E-state index in [0.29, 0.717) is 11.8 Å². The van der Waals surface area contributed by atoms with Crippen LogP contribution in [0.15, 0.2) is 30.3 Å². The van der Waals surface area contributed by atoms with Gasteiger partial charge in [0.05, 0.1) is 18.7 Å². The number of nitrogens with zero attached hydrogens (tertiary/aromatic N) is 1. The van der Waals surface area contributed by atoms with E-state index in [4.69, 9.17) is 9.47 Å². The molecule has 27 heavy (non-hydrogen) atoms. The van der Waals surface area contributed by atoms with E-state index in [0.717, 1.165) is 4.90 Å². The van der Waals surface area contributed by atoms with Crippen molar-refractivity contribution in [3.63, 3.8) is 0 Å². The van der Waals surface area contributed by atoms with Gasteiger partial charge in [-0.1, -0.05) is 0 Å². The fraction of sp³-hybridized carbons (Fsp3) is 0.278. The first-order chi connectivity index (χ1) is 12.9. The predicted molar refractivity (Wildman–Crippen MR) is 83.8 cm³/mol. The molecule has 1 fully saturated rings. The predicted octanol–water partition coefficient (Wildman–Crippen LogP) is 3.30. The second-order valence-corrected chi connectivity index (χ2v) is 5.86. The van der Waals surface area contributed by atoms with E-state index in [2.05, 4.69) is 0 Å². The van der Waals surface area contributed by atoms with Crippen molar-refractivity contribution in [2.45, 2.75) is 6.10 Å². The lowest BCUT2D eigenvalue weighted by Gasteiger charge is -2.33. The second-order valence-electron chi connectivity index (χ2n) is 5.86. The summed E-state index contributed by atoms with van der Waals surface area (Å²) in [5.41, 5.74) is -0.897. The Kier molecular flexibility index (Phi) is 5.59. The molecule has 2 aromatic carbocycles. The van der Waals surface area contributed by atoms with Crippen molar-refractivity contribution in [3.8, 4) is 5.75 Å². The first-order valence-electron chi connectivity index (χ1n) is 7.99. The number of rotatable bonds is 4. The van der Waals surface area contributed by atoms with Gasteiger partial charge in [-0.25, -0.2) is 22.0 Å². The smallest absolute Gasteiger partial charge is 0.257 e. The van der Waals surface area contributed by atoms with Gasteiger partial charge in [0, 0.05) is 6.54 Å². The van der Waals surface area contributed by atoms with Crippen molar-refractivity contribution in [1.82, 2.24) is 4.90 Å². The Balaban J connectivity index is 1.67. The second kappa shape index (κ2) is 7.91. The van der Waals surface area contributed by atoms with Gasteiger partial charge in [0.15, 0.2) is 23.3 Å². The molecule has 2 aromatic rings. The van der Waals surface area contributed by atoms with Crippen LogP contribution in [0.2, 0.25) is 0 Å². The summed E-state index contributed by atoms with van der Waals surface area (Å²) >= 11 is 0. The lowest BCUT2D eigenvalue weighted by Crippen LogP contribution is -2.47. The zero-order valence-corrected chi connectivity index (χ0v) is 13.9. The normalized spacial score (nSPS) is 17.1. The summed E-state index contributed by atoms with van der Waals surface area (Å²) in [5.74, 6) is -8.43. The number of amides is 1. The summed E-state index contributed by atoms with van der Waals surface area (Å²) in [6.07, 6.45) is -0.592. The summed E-state index contributed by atoms with van der Waals surface area (Å²) < 4.78 is 77.3. The van der Waals surface area contributed by atoms with Gasteiger partial charge in [-0.2, -0.15) is 0 Å². The Hall–Kier alpha value is -2.68.